The fourth-order valence-corrected chi connectivity index (χ4v) is 2.57. The zero-order valence-electron chi connectivity index (χ0n) is 14.5. The molecule has 2 unspecified atom stereocenters. The first-order valence-electron chi connectivity index (χ1n) is 8.60. The summed E-state index contributed by atoms with van der Waals surface area (Å²) < 4.78 is 6.38. The molecule has 0 radical (unpaired) electrons. The molecular formula is C19H33OP. The average molecular weight is 308 g/mol. The number of unbranched alkanes of at least 4 members (excludes halogenated alkanes) is 1. The number of benzene rings is 1. The maximum Gasteiger partial charge on any atom is 0.124 e. The lowest BCUT2D eigenvalue weighted by atomic mass is 9.94. The minimum absolute atomic E-state index is 0.132. The highest BCUT2D eigenvalue weighted by molar-refractivity contribution is 7.18. The molecule has 1 nitrogen and oxygen atoms in total. The van der Waals surface area contributed by atoms with E-state index in [1.807, 2.05) is 0 Å². The summed E-state index contributed by atoms with van der Waals surface area (Å²) in [6.45, 7) is 11.2. The molecule has 1 aromatic rings. The Labute approximate surface area is 134 Å². The van der Waals surface area contributed by atoms with E-state index in [2.05, 4.69) is 62.1 Å². The Hall–Kier alpha value is -0.550. The molecule has 2 atom stereocenters. The Morgan fingerprint density at radius 2 is 1.81 bits per heavy atom. The minimum Gasteiger partial charge on any atom is -0.483 e. The molecule has 0 aromatic heterocycles. The van der Waals surface area contributed by atoms with Crippen LogP contribution in [0.15, 0.2) is 18.2 Å². The highest BCUT2D eigenvalue weighted by atomic mass is 31.0. The van der Waals surface area contributed by atoms with Crippen molar-refractivity contribution in [2.45, 2.75) is 84.4 Å². The smallest absolute Gasteiger partial charge is 0.124 e. The Kier molecular flexibility index (Phi) is 7.74. The largest absolute Gasteiger partial charge is 0.483 e. The van der Waals surface area contributed by atoms with Crippen molar-refractivity contribution in [3.05, 3.63) is 29.3 Å². The van der Waals surface area contributed by atoms with Gasteiger partial charge in [-0.2, -0.15) is 0 Å². The molecule has 0 aliphatic carbocycles. The van der Waals surface area contributed by atoms with E-state index in [0.717, 1.165) is 25.0 Å². The number of ether oxygens (including phenoxy) is 1. The molecule has 0 fully saturated rings. The van der Waals surface area contributed by atoms with Crippen LogP contribution in [0, 0.1) is 0 Å². The molecule has 0 bridgehead atoms. The van der Waals surface area contributed by atoms with E-state index >= 15 is 0 Å². The summed E-state index contributed by atoms with van der Waals surface area (Å²) in [7, 11) is 2.91. The quantitative estimate of drug-likeness (QED) is 0.485. The van der Waals surface area contributed by atoms with Crippen molar-refractivity contribution in [2.75, 3.05) is 0 Å². The molecule has 0 saturated carbocycles. The van der Waals surface area contributed by atoms with Crippen LogP contribution in [0.2, 0.25) is 0 Å². The lowest BCUT2D eigenvalue weighted by Crippen LogP contribution is -2.27. The normalized spacial score (nSPS) is 13.2. The number of rotatable bonds is 9. The summed E-state index contributed by atoms with van der Waals surface area (Å²) >= 11 is 0. The predicted octanol–water partition coefficient (Wildman–Crippen LogP) is 6.31. The molecule has 1 rings (SSSR count). The van der Waals surface area contributed by atoms with Gasteiger partial charge in [0.2, 0.25) is 0 Å². The summed E-state index contributed by atoms with van der Waals surface area (Å²) in [6.07, 6.45) is 6.84. The van der Waals surface area contributed by atoms with Gasteiger partial charge in [0.05, 0.1) is 0 Å². The van der Waals surface area contributed by atoms with Crippen LogP contribution in [0.25, 0.3) is 0 Å². The highest BCUT2D eigenvalue weighted by Gasteiger charge is 2.24. The third-order valence-electron chi connectivity index (χ3n) is 4.55. The number of hydrogen-bond donors (Lipinski definition) is 0. The molecule has 0 heterocycles. The Bertz CT molecular complexity index is 424. The molecule has 0 spiro atoms. The summed E-state index contributed by atoms with van der Waals surface area (Å²) in [6, 6.07) is 6.81. The molecule has 0 aliphatic heterocycles. The average Bonchev–Trinajstić information content (AvgIpc) is 2.52. The van der Waals surface area contributed by atoms with E-state index in [4.69, 9.17) is 4.74 Å². The van der Waals surface area contributed by atoms with Crippen LogP contribution in [0.1, 0.15) is 83.8 Å². The molecular weight excluding hydrogens is 275 g/mol. The topological polar surface area (TPSA) is 9.23 Å². The second-order valence-corrected chi connectivity index (χ2v) is 7.21. The van der Waals surface area contributed by atoms with Crippen molar-refractivity contribution in [3.8, 4) is 5.75 Å². The van der Waals surface area contributed by atoms with Gasteiger partial charge in [0.15, 0.2) is 0 Å². The molecule has 2 heteroatoms. The van der Waals surface area contributed by atoms with Gasteiger partial charge in [-0.05, 0) is 55.2 Å². The predicted molar refractivity (Wildman–Crippen MR) is 97.4 cm³/mol. The van der Waals surface area contributed by atoms with Crippen LogP contribution in [0.4, 0.5) is 0 Å². The Balaban J connectivity index is 3.06. The molecule has 21 heavy (non-hydrogen) atoms. The second-order valence-electron chi connectivity index (χ2n) is 6.16. The fourth-order valence-electron chi connectivity index (χ4n) is 2.45. The molecule has 0 amide bonds. The zero-order valence-corrected chi connectivity index (χ0v) is 15.7. The van der Waals surface area contributed by atoms with E-state index in [1.54, 1.807) is 0 Å². The summed E-state index contributed by atoms with van der Waals surface area (Å²) in [5.41, 5.74) is 2.82. The van der Waals surface area contributed by atoms with Crippen molar-refractivity contribution >= 4 is 9.24 Å². The minimum atomic E-state index is -0.132. The van der Waals surface area contributed by atoms with Crippen LogP contribution >= 0.6 is 9.24 Å². The van der Waals surface area contributed by atoms with Crippen LogP contribution in [-0.4, -0.2) is 5.34 Å². The first-order valence-corrected chi connectivity index (χ1v) is 9.18. The van der Waals surface area contributed by atoms with E-state index in [0.29, 0.717) is 5.92 Å². The van der Waals surface area contributed by atoms with Gasteiger partial charge in [-0.25, -0.2) is 0 Å². The van der Waals surface area contributed by atoms with Crippen molar-refractivity contribution in [1.29, 1.82) is 0 Å². The van der Waals surface area contributed by atoms with Crippen molar-refractivity contribution in [1.82, 2.24) is 0 Å². The van der Waals surface area contributed by atoms with Crippen molar-refractivity contribution < 1.29 is 4.74 Å². The lowest BCUT2D eigenvalue weighted by molar-refractivity contribution is 0.153. The van der Waals surface area contributed by atoms with Gasteiger partial charge in [0.1, 0.15) is 11.1 Å². The maximum atomic E-state index is 6.38. The highest BCUT2D eigenvalue weighted by Crippen LogP contribution is 2.36. The summed E-state index contributed by atoms with van der Waals surface area (Å²) in [4.78, 5) is 0. The molecule has 0 aliphatic rings. The molecule has 120 valence electrons. The van der Waals surface area contributed by atoms with Gasteiger partial charge >= 0.3 is 0 Å². The van der Waals surface area contributed by atoms with E-state index < -0.39 is 0 Å². The van der Waals surface area contributed by atoms with Crippen molar-refractivity contribution in [2.24, 2.45) is 0 Å². The molecule has 1 aromatic carbocycles. The van der Waals surface area contributed by atoms with E-state index in [1.165, 1.54) is 30.4 Å². The maximum absolute atomic E-state index is 6.38. The third-order valence-corrected chi connectivity index (χ3v) is 5.48. The monoisotopic (exact) mass is 308 g/mol. The first-order chi connectivity index (χ1) is 9.99. The van der Waals surface area contributed by atoms with Crippen LogP contribution in [-0.2, 0) is 6.42 Å². The van der Waals surface area contributed by atoms with Gasteiger partial charge in [-0.3, -0.25) is 0 Å². The second kappa shape index (κ2) is 8.79. The lowest BCUT2D eigenvalue weighted by Gasteiger charge is -2.30. The van der Waals surface area contributed by atoms with Gasteiger partial charge in [-0.1, -0.05) is 62.4 Å². The number of hydrogen-bond acceptors (Lipinski definition) is 1. The zero-order chi connectivity index (χ0) is 15.9. The van der Waals surface area contributed by atoms with Gasteiger partial charge in [0, 0.05) is 0 Å². The summed E-state index contributed by atoms with van der Waals surface area (Å²) in [5, 5.41) is -0.132. The van der Waals surface area contributed by atoms with Gasteiger partial charge in [-0.15, -0.1) is 0 Å². The van der Waals surface area contributed by atoms with E-state index in [-0.39, 0.29) is 5.34 Å². The van der Waals surface area contributed by atoms with Crippen molar-refractivity contribution in [3.63, 3.8) is 0 Å². The first kappa shape index (κ1) is 18.5. The summed E-state index contributed by atoms with van der Waals surface area (Å²) in [5.74, 6) is 1.62. The molecule has 0 N–H and O–H groups in total. The third kappa shape index (κ3) is 5.29. The van der Waals surface area contributed by atoms with Crippen LogP contribution in [0.5, 0.6) is 5.75 Å². The number of aryl methyl sites for hydroxylation is 1. The SMILES string of the molecule is CCCCc1ccc(OC(P)(CC)CC)c(C(C)CC)c1. The Morgan fingerprint density at radius 3 is 2.33 bits per heavy atom. The van der Waals surface area contributed by atoms with E-state index in [9.17, 15) is 0 Å². The fraction of sp³-hybridized carbons (Fsp3) is 0.684. The van der Waals surface area contributed by atoms with Gasteiger partial charge in [0.25, 0.3) is 0 Å². The Morgan fingerprint density at radius 1 is 1.14 bits per heavy atom. The van der Waals surface area contributed by atoms with Gasteiger partial charge < -0.3 is 4.74 Å². The van der Waals surface area contributed by atoms with Crippen LogP contribution < -0.4 is 4.74 Å². The molecule has 0 saturated heterocycles. The standard InChI is InChI=1S/C19H33OP/c1-6-10-11-16-12-13-18(17(14-16)15(5)7-2)20-19(21,8-3)9-4/h12-15H,6-11,21H2,1-5H3. The van der Waals surface area contributed by atoms with Crippen LogP contribution in [0.3, 0.4) is 0 Å².